The number of hydrogen-bond donors (Lipinski definition) is 1. The largest absolute Gasteiger partial charge is 0.493 e. The molecule has 6 heteroatoms. The van der Waals surface area contributed by atoms with E-state index < -0.39 is 11.9 Å². The van der Waals surface area contributed by atoms with Crippen LogP contribution >= 0.6 is 11.6 Å². The van der Waals surface area contributed by atoms with Crippen molar-refractivity contribution in [3.05, 3.63) is 59.1 Å². The zero-order valence-electron chi connectivity index (χ0n) is 13.4. The van der Waals surface area contributed by atoms with E-state index in [1.54, 1.807) is 62.5 Å². The molecule has 0 saturated heterocycles. The van der Waals surface area contributed by atoms with Crippen molar-refractivity contribution in [2.45, 2.75) is 6.92 Å². The van der Waals surface area contributed by atoms with Crippen LogP contribution < -0.4 is 9.64 Å². The molecule has 24 heavy (non-hydrogen) atoms. The molecule has 0 aromatic heterocycles. The first kappa shape index (κ1) is 17.8. The Labute approximate surface area is 145 Å². The molecule has 0 radical (unpaired) electrons. The Morgan fingerprint density at radius 3 is 2.25 bits per heavy atom. The molecule has 0 spiro atoms. The summed E-state index contributed by atoms with van der Waals surface area (Å²) >= 11 is 5.83. The van der Waals surface area contributed by atoms with Gasteiger partial charge in [-0.2, -0.15) is 0 Å². The van der Waals surface area contributed by atoms with Gasteiger partial charge in [-0.15, -0.1) is 0 Å². The Bertz CT molecular complexity index is 713. The third-order valence-electron chi connectivity index (χ3n) is 3.54. The number of aliphatic carboxylic acids is 1. The van der Waals surface area contributed by atoms with Crippen molar-refractivity contribution < 1.29 is 19.4 Å². The summed E-state index contributed by atoms with van der Waals surface area (Å²) in [5.41, 5.74) is 1.24. The van der Waals surface area contributed by atoms with E-state index in [4.69, 9.17) is 21.4 Å². The highest BCUT2D eigenvalue weighted by molar-refractivity contribution is 6.30. The fourth-order valence-corrected chi connectivity index (χ4v) is 2.09. The molecule has 1 unspecified atom stereocenters. The normalized spacial score (nSPS) is 11.6. The Kier molecular flexibility index (Phi) is 5.82. The van der Waals surface area contributed by atoms with Crippen molar-refractivity contribution in [2.75, 3.05) is 18.6 Å². The van der Waals surface area contributed by atoms with Crippen molar-refractivity contribution in [3.63, 3.8) is 0 Å². The van der Waals surface area contributed by atoms with Gasteiger partial charge in [-0.3, -0.25) is 9.59 Å². The second-order valence-electron chi connectivity index (χ2n) is 5.42. The molecule has 2 aromatic carbocycles. The molecule has 0 bridgehead atoms. The predicted octanol–water partition coefficient (Wildman–Crippen LogP) is 3.72. The van der Waals surface area contributed by atoms with E-state index in [2.05, 4.69) is 0 Å². The molecule has 0 aliphatic heterocycles. The standard InChI is InChI=1S/C18H18ClNO4/c1-12(18(22)23)11-24-16-9-7-15(8-10-16)20(2)17(21)13-3-5-14(19)6-4-13/h3-10,12H,11H2,1-2H3,(H,22,23). The second-order valence-corrected chi connectivity index (χ2v) is 5.85. The number of carboxylic acid groups (broad SMARTS) is 1. The molecule has 0 saturated carbocycles. The first-order valence-electron chi connectivity index (χ1n) is 7.38. The molecular weight excluding hydrogens is 330 g/mol. The Morgan fingerprint density at radius 2 is 1.71 bits per heavy atom. The number of amides is 1. The summed E-state index contributed by atoms with van der Waals surface area (Å²) < 4.78 is 5.42. The zero-order valence-corrected chi connectivity index (χ0v) is 14.2. The number of halogens is 1. The fraction of sp³-hybridized carbons (Fsp3) is 0.222. The van der Waals surface area contributed by atoms with Crippen LogP contribution in [0.1, 0.15) is 17.3 Å². The molecule has 0 fully saturated rings. The summed E-state index contributed by atoms with van der Waals surface area (Å²) in [6.07, 6.45) is 0. The average Bonchev–Trinajstić information content (AvgIpc) is 2.59. The number of benzene rings is 2. The second kappa shape index (κ2) is 7.84. The van der Waals surface area contributed by atoms with Gasteiger partial charge in [0.15, 0.2) is 0 Å². The van der Waals surface area contributed by atoms with E-state index in [1.165, 1.54) is 4.90 Å². The van der Waals surface area contributed by atoms with Crippen molar-refractivity contribution in [2.24, 2.45) is 5.92 Å². The van der Waals surface area contributed by atoms with Gasteiger partial charge in [0.1, 0.15) is 12.4 Å². The minimum Gasteiger partial charge on any atom is -0.493 e. The average molecular weight is 348 g/mol. The smallest absolute Gasteiger partial charge is 0.309 e. The van der Waals surface area contributed by atoms with E-state index in [9.17, 15) is 9.59 Å². The Balaban J connectivity index is 2.02. The third-order valence-corrected chi connectivity index (χ3v) is 3.79. The predicted molar refractivity (Wildman–Crippen MR) is 92.9 cm³/mol. The minimum atomic E-state index is -0.903. The number of carbonyl (C=O) groups excluding carboxylic acids is 1. The lowest BCUT2D eigenvalue weighted by Crippen LogP contribution is -2.26. The third kappa shape index (κ3) is 4.49. The van der Waals surface area contributed by atoms with Crippen LogP contribution in [0.2, 0.25) is 5.02 Å². The van der Waals surface area contributed by atoms with Crippen LogP contribution in [0.25, 0.3) is 0 Å². The van der Waals surface area contributed by atoms with Gasteiger partial charge < -0.3 is 14.7 Å². The lowest BCUT2D eigenvalue weighted by molar-refractivity contribution is -0.142. The van der Waals surface area contributed by atoms with Crippen LogP contribution in [0.4, 0.5) is 5.69 Å². The fourth-order valence-electron chi connectivity index (χ4n) is 1.96. The number of anilines is 1. The van der Waals surface area contributed by atoms with Crippen molar-refractivity contribution in [3.8, 4) is 5.75 Å². The van der Waals surface area contributed by atoms with Crippen LogP contribution in [0, 0.1) is 5.92 Å². The number of hydrogen-bond acceptors (Lipinski definition) is 3. The number of carbonyl (C=O) groups is 2. The van der Waals surface area contributed by atoms with E-state index in [0.29, 0.717) is 22.0 Å². The van der Waals surface area contributed by atoms with E-state index >= 15 is 0 Å². The van der Waals surface area contributed by atoms with Crippen LogP contribution in [0.5, 0.6) is 5.75 Å². The number of nitrogens with zero attached hydrogens (tertiary/aromatic N) is 1. The Morgan fingerprint density at radius 1 is 1.12 bits per heavy atom. The molecule has 2 aromatic rings. The highest BCUT2D eigenvalue weighted by Gasteiger charge is 2.14. The lowest BCUT2D eigenvalue weighted by Gasteiger charge is -2.18. The summed E-state index contributed by atoms with van der Waals surface area (Å²) in [6.45, 7) is 1.67. The zero-order chi connectivity index (χ0) is 17.7. The van der Waals surface area contributed by atoms with Crippen LogP contribution in [-0.2, 0) is 4.79 Å². The maximum atomic E-state index is 12.4. The van der Waals surface area contributed by atoms with E-state index in [1.807, 2.05) is 0 Å². The van der Waals surface area contributed by atoms with E-state index in [-0.39, 0.29) is 12.5 Å². The van der Waals surface area contributed by atoms with Gasteiger partial charge in [-0.05, 0) is 55.5 Å². The number of carboxylic acids is 1. The maximum absolute atomic E-state index is 12.4. The number of ether oxygens (including phenoxy) is 1. The van der Waals surface area contributed by atoms with Crippen LogP contribution in [0.3, 0.4) is 0 Å². The van der Waals surface area contributed by atoms with Gasteiger partial charge >= 0.3 is 5.97 Å². The molecule has 5 nitrogen and oxygen atoms in total. The summed E-state index contributed by atoms with van der Waals surface area (Å²) in [5, 5.41) is 9.41. The molecule has 2 rings (SSSR count). The van der Waals surface area contributed by atoms with Crippen molar-refractivity contribution in [1.29, 1.82) is 0 Å². The van der Waals surface area contributed by atoms with Gasteiger partial charge in [0.05, 0.1) is 5.92 Å². The van der Waals surface area contributed by atoms with Gasteiger partial charge in [0.25, 0.3) is 5.91 Å². The van der Waals surface area contributed by atoms with Gasteiger partial charge in [0, 0.05) is 23.3 Å². The minimum absolute atomic E-state index is 0.0915. The van der Waals surface area contributed by atoms with Crippen molar-refractivity contribution >= 4 is 29.2 Å². The summed E-state index contributed by atoms with van der Waals surface area (Å²) in [6, 6.07) is 13.6. The van der Waals surface area contributed by atoms with Crippen LogP contribution in [0.15, 0.2) is 48.5 Å². The first-order chi connectivity index (χ1) is 11.4. The van der Waals surface area contributed by atoms with Gasteiger partial charge in [0.2, 0.25) is 0 Å². The quantitative estimate of drug-likeness (QED) is 0.864. The lowest BCUT2D eigenvalue weighted by atomic mass is 10.2. The molecule has 1 amide bonds. The monoisotopic (exact) mass is 347 g/mol. The molecule has 0 aliphatic rings. The van der Waals surface area contributed by atoms with Gasteiger partial charge in [-0.1, -0.05) is 11.6 Å². The summed E-state index contributed by atoms with van der Waals surface area (Å²) in [7, 11) is 1.68. The molecule has 0 aliphatic carbocycles. The summed E-state index contributed by atoms with van der Waals surface area (Å²) in [4.78, 5) is 24.7. The molecular formula is C18H18ClNO4. The molecule has 1 atom stereocenters. The maximum Gasteiger partial charge on any atom is 0.309 e. The van der Waals surface area contributed by atoms with E-state index in [0.717, 1.165) is 0 Å². The molecule has 1 N–H and O–H groups in total. The molecule has 126 valence electrons. The topological polar surface area (TPSA) is 66.8 Å². The first-order valence-corrected chi connectivity index (χ1v) is 7.75. The number of rotatable bonds is 6. The Hall–Kier alpha value is -2.53. The summed E-state index contributed by atoms with van der Waals surface area (Å²) in [5.74, 6) is -1.09. The van der Waals surface area contributed by atoms with Crippen molar-refractivity contribution in [1.82, 2.24) is 0 Å². The van der Waals surface area contributed by atoms with Gasteiger partial charge in [-0.25, -0.2) is 0 Å². The SMILES string of the molecule is CC(COc1ccc(N(C)C(=O)c2ccc(Cl)cc2)cc1)C(=O)O. The van der Waals surface area contributed by atoms with Crippen LogP contribution in [-0.4, -0.2) is 30.6 Å². The highest BCUT2D eigenvalue weighted by atomic mass is 35.5. The highest BCUT2D eigenvalue weighted by Crippen LogP contribution is 2.21. The molecule has 0 heterocycles.